The van der Waals surface area contributed by atoms with E-state index in [9.17, 15) is 9.18 Å². The first-order chi connectivity index (χ1) is 16.0. The topological polar surface area (TPSA) is 39.2 Å². The maximum absolute atomic E-state index is 14.6. The van der Waals surface area contributed by atoms with Gasteiger partial charge in [-0.05, 0) is 28.9 Å². The van der Waals surface area contributed by atoms with E-state index in [1.165, 1.54) is 18.6 Å². The first kappa shape index (κ1) is 24.5. The highest BCUT2D eigenvalue weighted by Crippen LogP contribution is 2.53. The van der Waals surface area contributed by atoms with Crippen molar-refractivity contribution in [2.24, 2.45) is 10.8 Å². The summed E-state index contributed by atoms with van der Waals surface area (Å²) >= 11 is 7.06. The maximum Gasteiger partial charge on any atom is 0.227 e. The Bertz CT molecular complexity index is 1260. The Kier molecular flexibility index (Phi) is 6.37. The number of aromatic nitrogens is 1. The number of carbonyl (C=O) groups is 1. The van der Waals surface area contributed by atoms with Crippen LogP contribution in [-0.2, 0) is 0 Å². The molecule has 1 aromatic heterocycles. The minimum absolute atomic E-state index is 0.0266. The van der Waals surface area contributed by atoms with Gasteiger partial charge in [-0.15, -0.1) is 0 Å². The monoisotopic (exact) mass is 477 g/mol. The van der Waals surface area contributed by atoms with Crippen LogP contribution in [0, 0.1) is 23.6 Å². The number of pyridine rings is 1. The summed E-state index contributed by atoms with van der Waals surface area (Å²) in [6, 6.07) is 13.4. The van der Waals surface area contributed by atoms with E-state index >= 15 is 0 Å². The van der Waals surface area contributed by atoms with Crippen molar-refractivity contribution in [3.63, 3.8) is 0 Å². The molecule has 3 nitrogen and oxygen atoms in total. The summed E-state index contributed by atoms with van der Waals surface area (Å²) in [5, 5.41) is 0.772. The first-order valence-electron chi connectivity index (χ1n) is 11.6. The zero-order chi connectivity index (χ0) is 24.8. The molecule has 2 aromatic carbocycles. The van der Waals surface area contributed by atoms with Crippen molar-refractivity contribution >= 4 is 30.1 Å². The first-order valence-corrected chi connectivity index (χ1v) is 12.0. The minimum Gasteiger partial charge on any atom is -0.480 e. The highest BCUT2D eigenvalue weighted by molar-refractivity contribution is 6.76. The SMILES string of the molecule is COc1nc(-c2cccc(-c3cccc(B4CC(C)(C)C(C)(C)C4)c3Cl)c2C)cc(F)c1C=O. The molecular weight excluding hydrogens is 448 g/mol. The summed E-state index contributed by atoms with van der Waals surface area (Å²) in [7, 11) is 1.37. The van der Waals surface area contributed by atoms with Crippen LogP contribution in [0.5, 0.6) is 5.88 Å². The van der Waals surface area contributed by atoms with Crippen molar-refractivity contribution in [2.45, 2.75) is 47.3 Å². The molecule has 0 amide bonds. The van der Waals surface area contributed by atoms with Crippen molar-refractivity contribution in [1.82, 2.24) is 4.98 Å². The molecule has 0 atom stereocenters. The summed E-state index contributed by atoms with van der Waals surface area (Å²) in [4.78, 5) is 15.6. The number of aldehydes is 1. The van der Waals surface area contributed by atoms with Crippen LogP contribution in [-0.4, -0.2) is 25.1 Å². The van der Waals surface area contributed by atoms with Crippen molar-refractivity contribution in [3.8, 4) is 28.3 Å². The van der Waals surface area contributed by atoms with Gasteiger partial charge in [0.05, 0.1) is 12.8 Å². The lowest BCUT2D eigenvalue weighted by Gasteiger charge is -2.35. The Balaban J connectivity index is 1.80. The molecule has 2 heterocycles. The minimum atomic E-state index is -0.659. The Hall–Kier alpha value is -2.66. The van der Waals surface area contributed by atoms with Gasteiger partial charge in [0.25, 0.3) is 0 Å². The van der Waals surface area contributed by atoms with Crippen LogP contribution in [0.1, 0.15) is 43.6 Å². The number of ether oxygens (including phenoxy) is 1. The van der Waals surface area contributed by atoms with Crippen LogP contribution in [0.4, 0.5) is 4.39 Å². The lowest BCUT2D eigenvalue weighted by atomic mass is 9.42. The van der Waals surface area contributed by atoms with Crippen LogP contribution >= 0.6 is 11.6 Å². The molecule has 0 spiro atoms. The Morgan fingerprint density at radius 3 is 2.24 bits per heavy atom. The average molecular weight is 478 g/mol. The summed E-state index contributed by atoms with van der Waals surface area (Å²) in [5.74, 6) is -0.686. The van der Waals surface area contributed by atoms with E-state index in [0.717, 1.165) is 39.9 Å². The predicted octanol–water partition coefficient (Wildman–Crippen LogP) is 7.11. The van der Waals surface area contributed by atoms with Gasteiger partial charge in [-0.2, -0.15) is 0 Å². The third kappa shape index (κ3) is 4.05. The maximum atomic E-state index is 14.6. The number of benzene rings is 2. The molecule has 0 bridgehead atoms. The van der Waals surface area contributed by atoms with Crippen LogP contribution in [0.3, 0.4) is 0 Å². The van der Waals surface area contributed by atoms with Gasteiger partial charge in [-0.1, -0.05) is 93.8 Å². The summed E-state index contributed by atoms with van der Waals surface area (Å²) in [6.07, 6.45) is 2.60. The van der Waals surface area contributed by atoms with Crippen molar-refractivity contribution in [2.75, 3.05) is 7.11 Å². The quantitative estimate of drug-likeness (QED) is 0.290. The normalized spacial score (nSPS) is 16.5. The number of rotatable bonds is 5. The summed E-state index contributed by atoms with van der Waals surface area (Å²) in [5.41, 5.74) is 5.50. The molecule has 1 aliphatic heterocycles. The zero-order valence-corrected chi connectivity index (χ0v) is 21.4. The number of hydrogen-bond donors (Lipinski definition) is 0. The van der Waals surface area contributed by atoms with Gasteiger partial charge in [0.15, 0.2) is 13.0 Å². The second kappa shape index (κ2) is 8.85. The Morgan fingerprint density at radius 1 is 1.03 bits per heavy atom. The molecular formula is C28H30BClFNO2. The molecule has 6 heteroatoms. The smallest absolute Gasteiger partial charge is 0.227 e. The fourth-order valence-corrected chi connectivity index (χ4v) is 5.64. The van der Waals surface area contributed by atoms with E-state index in [-0.39, 0.29) is 22.3 Å². The highest BCUT2D eigenvalue weighted by Gasteiger charge is 2.48. The lowest BCUT2D eigenvalue weighted by molar-refractivity contribution is 0.111. The average Bonchev–Trinajstić information content (AvgIpc) is 3.00. The van der Waals surface area contributed by atoms with E-state index in [2.05, 4.69) is 44.8 Å². The molecule has 0 radical (unpaired) electrons. The lowest BCUT2D eigenvalue weighted by Crippen LogP contribution is -2.29. The molecule has 0 N–H and O–H groups in total. The van der Waals surface area contributed by atoms with E-state index in [0.29, 0.717) is 18.7 Å². The van der Waals surface area contributed by atoms with Crippen LogP contribution < -0.4 is 10.2 Å². The fraction of sp³-hybridized carbons (Fsp3) is 0.357. The van der Waals surface area contributed by atoms with Gasteiger partial charge in [0.1, 0.15) is 11.4 Å². The molecule has 0 aliphatic carbocycles. The van der Waals surface area contributed by atoms with Crippen LogP contribution in [0.2, 0.25) is 17.7 Å². The van der Waals surface area contributed by atoms with Gasteiger partial charge in [-0.25, -0.2) is 9.37 Å². The second-order valence-electron chi connectivity index (χ2n) is 10.6. The summed E-state index contributed by atoms with van der Waals surface area (Å²) in [6.45, 7) is 11.7. The molecule has 34 heavy (non-hydrogen) atoms. The summed E-state index contributed by atoms with van der Waals surface area (Å²) < 4.78 is 19.7. The van der Waals surface area contributed by atoms with Gasteiger partial charge in [0.2, 0.25) is 5.88 Å². The third-order valence-electron chi connectivity index (χ3n) is 8.00. The molecule has 1 fully saturated rings. The molecule has 176 valence electrons. The van der Waals surface area contributed by atoms with Crippen LogP contribution in [0.25, 0.3) is 22.4 Å². The highest BCUT2D eigenvalue weighted by atomic mass is 35.5. The van der Waals surface area contributed by atoms with E-state index in [1.54, 1.807) is 0 Å². The number of hydrogen-bond acceptors (Lipinski definition) is 3. The number of halogens is 2. The zero-order valence-electron chi connectivity index (χ0n) is 20.6. The molecule has 1 aliphatic rings. The van der Waals surface area contributed by atoms with Gasteiger partial charge in [0, 0.05) is 22.2 Å². The Labute approximate surface area is 206 Å². The standard InChI is InChI=1S/C28H30BClFNO2/c1-17-18(9-7-10-19(17)24-13-23(31)21(14-33)26(32-24)34-6)20-11-8-12-22(25(20)30)29-15-27(2,3)28(4,5)16-29/h7-14H,15-16H2,1-6H3. The Morgan fingerprint density at radius 2 is 1.62 bits per heavy atom. The molecule has 1 saturated heterocycles. The number of carbonyl (C=O) groups excluding carboxylic acids is 1. The fourth-order valence-electron chi connectivity index (χ4n) is 5.26. The van der Waals surface area contributed by atoms with Gasteiger partial charge in [-0.3, -0.25) is 4.79 Å². The van der Waals surface area contributed by atoms with Crippen LogP contribution in [0.15, 0.2) is 42.5 Å². The predicted molar refractivity (Wildman–Crippen MR) is 139 cm³/mol. The van der Waals surface area contributed by atoms with Crippen molar-refractivity contribution in [1.29, 1.82) is 0 Å². The number of methoxy groups -OCH3 is 1. The number of nitrogens with zero attached hydrogens (tertiary/aromatic N) is 1. The van der Waals surface area contributed by atoms with E-state index in [1.807, 2.05) is 31.2 Å². The van der Waals surface area contributed by atoms with Crippen molar-refractivity contribution in [3.05, 3.63) is 64.4 Å². The van der Waals surface area contributed by atoms with Gasteiger partial charge >= 0.3 is 0 Å². The van der Waals surface area contributed by atoms with E-state index in [4.69, 9.17) is 16.3 Å². The van der Waals surface area contributed by atoms with E-state index < -0.39 is 5.82 Å². The molecule has 3 aromatic rings. The molecule has 4 rings (SSSR count). The molecule has 0 unspecified atom stereocenters. The largest absolute Gasteiger partial charge is 0.480 e. The molecule has 0 saturated carbocycles. The third-order valence-corrected chi connectivity index (χ3v) is 8.42. The second-order valence-corrected chi connectivity index (χ2v) is 11.0. The van der Waals surface area contributed by atoms with Gasteiger partial charge < -0.3 is 4.74 Å². The van der Waals surface area contributed by atoms with Crippen molar-refractivity contribution < 1.29 is 13.9 Å².